The van der Waals surface area contributed by atoms with Crippen LogP contribution in [0.3, 0.4) is 0 Å². The van der Waals surface area contributed by atoms with Crippen molar-refractivity contribution in [1.82, 2.24) is 4.57 Å². The maximum atomic E-state index is 12.8. The number of nitrogens with zero attached hydrogens (tertiary/aromatic N) is 1. The molecule has 0 aliphatic rings. The van der Waals surface area contributed by atoms with Crippen molar-refractivity contribution >= 4 is 19.1 Å². The van der Waals surface area contributed by atoms with Crippen molar-refractivity contribution in [3.8, 4) is 0 Å². The summed E-state index contributed by atoms with van der Waals surface area (Å²) in [5.41, 5.74) is 2.70. The molecule has 1 aromatic carbocycles. The summed E-state index contributed by atoms with van der Waals surface area (Å²) in [5, 5.41) is 0. The Kier molecular flexibility index (Phi) is 6.40. The molecule has 0 aliphatic heterocycles. The molecule has 0 spiro atoms. The Morgan fingerprint density at radius 2 is 1.87 bits per heavy atom. The Hall–Kier alpha value is -1.61. The number of allylic oxidation sites excluding steroid dienone is 1. The van der Waals surface area contributed by atoms with Gasteiger partial charge in [0.15, 0.2) is 0 Å². The molecule has 2 rings (SSSR count). The lowest BCUT2D eigenvalue weighted by atomic mass is 10.2. The maximum absolute atomic E-state index is 12.8. The van der Waals surface area contributed by atoms with Crippen molar-refractivity contribution in [2.45, 2.75) is 26.3 Å². The number of rotatable bonds is 8. The first kappa shape index (κ1) is 17.7. The van der Waals surface area contributed by atoms with Crippen molar-refractivity contribution in [3.63, 3.8) is 0 Å². The van der Waals surface area contributed by atoms with E-state index in [4.69, 9.17) is 9.05 Å². The van der Waals surface area contributed by atoms with Gasteiger partial charge in [-0.25, -0.2) is 0 Å². The van der Waals surface area contributed by atoms with Crippen LogP contribution in [0.2, 0.25) is 0 Å². The summed E-state index contributed by atoms with van der Waals surface area (Å²) in [6.07, 6.45) is 8.27. The minimum absolute atomic E-state index is 0.572. The summed E-state index contributed by atoms with van der Waals surface area (Å²) in [7, 11) is -0.470. The molecular weight excluding hydrogens is 309 g/mol. The van der Waals surface area contributed by atoms with Crippen molar-refractivity contribution in [1.29, 1.82) is 0 Å². The van der Waals surface area contributed by atoms with E-state index in [1.54, 1.807) is 0 Å². The molecule has 23 heavy (non-hydrogen) atoms. The van der Waals surface area contributed by atoms with E-state index in [9.17, 15) is 4.57 Å². The van der Waals surface area contributed by atoms with Gasteiger partial charge in [-0.05, 0) is 23.6 Å². The van der Waals surface area contributed by atoms with Crippen molar-refractivity contribution in [2.75, 3.05) is 14.2 Å². The monoisotopic (exact) mass is 333 g/mol. The predicted molar refractivity (Wildman–Crippen MR) is 95.2 cm³/mol. The number of aromatic nitrogens is 1. The Morgan fingerprint density at radius 3 is 2.48 bits per heavy atom. The summed E-state index contributed by atoms with van der Waals surface area (Å²) in [5.74, 6) is 0. The zero-order valence-electron chi connectivity index (χ0n) is 13.9. The molecule has 0 unspecified atom stereocenters. The number of unbranched alkanes of at least 4 members (excludes halogenated alkanes) is 1. The first-order valence-electron chi connectivity index (χ1n) is 7.75. The van der Waals surface area contributed by atoms with Gasteiger partial charge in [-0.15, -0.1) is 0 Å². The van der Waals surface area contributed by atoms with E-state index in [1.807, 2.05) is 53.2 Å². The number of hydrogen-bond acceptors (Lipinski definition) is 3. The zero-order valence-corrected chi connectivity index (χ0v) is 14.8. The number of benzene rings is 1. The van der Waals surface area contributed by atoms with Gasteiger partial charge in [0, 0.05) is 27.0 Å². The van der Waals surface area contributed by atoms with Gasteiger partial charge in [0.25, 0.3) is 0 Å². The minimum Gasteiger partial charge on any atom is -0.336 e. The Balaban J connectivity index is 2.39. The van der Waals surface area contributed by atoms with E-state index in [-0.39, 0.29) is 0 Å². The molecule has 0 aliphatic carbocycles. The van der Waals surface area contributed by atoms with Crippen LogP contribution in [0.4, 0.5) is 0 Å². The van der Waals surface area contributed by atoms with Gasteiger partial charge in [-0.2, -0.15) is 0 Å². The van der Waals surface area contributed by atoms with Gasteiger partial charge >= 0.3 is 7.60 Å². The molecule has 1 heterocycles. The van der Waals surface area contributed by atoms with E-state index >= 15 is 0 Å². The summed E-state index contributed by atoms with van der Waals surface area (Å²) in [6.45, 7) is 2.76. The molecule has 0 saturated heterocycles. The average molecular weight is 333 g/mol. The minimum atomic E-state index is -3.30. The summed E-state index contributed by atoms with van der Waals surface area (Å²) in [4.78, 5) is 0. The topological polar surface area (TPSA) is 40.5 Å². The van der Waals surface area contributed by atoms with Crippen LogP contribution < -0.4 is 5.44 Å². The molecule has 0 amide bonds. The molecular formula is C18H24NO3P. The molecule has 0 N–H and O–H groups in total. The van der Waals surface area contributed by atoms with Crippen LogP contribution in [-0.4, -0.2) is 18.8 Å². The highest BCUT2D eigenvalue weighted by Gasteiger charge is 2.29. The van der Waals surface area contributed by atoms with Crippen molar-refractivity contribution < 1.29 is 13.6 Å². The first-order valence-corrected chi connectivity index (χ1v) is 9.30. The van der Waals surface area contributed by atoms with Gasteiger partial charge in [-0.3, -0.25) is 4.57 Å². The van der Waals surface area contributed by atoms with E-state index in [0.29, 0.717) is 12.0 Å². The highest BCUT2D eigenvalue weighted by atomic mass is 31.2. The normalized spacial score (nSPS) is 12.1. The van der Waals surface area contributed by atoms with Gasteiger partial charge < -0.3 is 13.6 Å². The molecule has 0 fully saturated rings. The molecule has 1 aromatic heterocycles. The molecule has 0 radical (unpaired) electrons. The van der Waals surface area contributed by atoms with Crippen LogP contribution in [0.1, 0.15) is 30.9 Å². The zero-order chi connectivity index (χ0) is 16.7. The predicted octanol–water partition coefficient (Wildman–Crippen LogP) is 4.46. The summed E-state index contributed by atoms with van der Waals surface area (Å²) < 4.78 is 25.1. The van der Waals surface area contributed by atoms with Crippen LogP contribution in [0, 0.1) is 0 Å². The van der Waals surface area contributed by atoms with Crippen LogP contribution in [-0.2, 0) is 20.2 Å². The highest BCUT2D eigenvalue weighted by Crippen LogP contribution is 2.45. The van der Waals surface area contributed by atoms with Crippen LogP contribution in [0.15, 0.2) is 48.7 Å². The molecule has 0 bridgehead atoms. The second-order valence-corrected chi connectivity index (χ2v) is 7.48. The van der Waals surface area contributed by atoms with E-state index in [0.717, 1.165) is 24.0 Å². The SMILES string of the molecule is CCC/C=C/c1cc(P(=O)(OC)OC)n(Cc2ccccc2)c1. The lowest BCUT2D eigenvalue weighted by Crippen LogP contribution is -2.19. The van der Waals surface area contributed by atoms with E-state index in [2.05, 4.69) is 13.0 Å². The molecule has 5 heteroatoms. The van der Waals surface area contributed by atoms with Crippen molar-refractivity contribution in [3.05, 3.63) is 59.8 Å². The van der Waals surface area contributed by atoms with Crippen LogP contribution in [0.5, 0.6) is 0 Å². The smallest absolute Gasteiger partial charge is 0.336 e. The van der Waals surface area contributed by atoms with Gasteiger partial charge in [0.1, 0.15) is 5.44 Å². The van der Waals surface area contributed by atoms with E-state index in [1.165, 1.54) is 14.2 Å². The average Bonchev–Trinajstić information content (AvgIpc) is 2.98. The third kappa shape index (κ3) is 4.44. The quantitative estimate of drug-likeness (QED) is 0.670. The summed E-state index contributed by atoms with van der Waals surface area (Å²) >= 11 is 0. The van der Waals surface area contributed by atoms with Crippen LogP contribution in [0.25, 0.3) is 6.08 Å². The summed E-state index contributed by atoms with van der Waals surface area (Å²) in [6, 6.07) is 11.9. The van der Waals surface area contributed by atoms with Gasteiger partial charge in [0.2, 0.25) is 0 Å². The fourth-order valence-electron chi connectivity index (χ4n) is 2.40. The third-order valence-corrected chi connectivity index (χ3v) is 5.53. The van der Waals surface area contributed by atoms with Gasteiger partial charge in [-0.1, -0.05) is 55.8 Å². The Labute approximate surface area is 138 Å². The molecule has 4 nitrogen and oxygen atoms in total. The molecule has 124 valence electrons. The largest absolute Gasteiger partial charge is 0.377 e. The molecule has 2 aromatic rings. The fourth-order valence-corrected chi connectivity index (χ4v) is 3.67. The Bertz CT molecular complexity index is 684. The fraction of sp³-hybridized carbons (Fsp3) is 0.333. The maximum Gasteiger partial charge on any atom is 0.377 e. The lowest BCUT2D eigenvalue weighted by molar-refractivity contribution is 0.285. The standard InChI is InChI=1S/C18H24NO3P/c1-4-5-7-12-17-13-18(23(20,21-2)22-3)19(15-17)14-16-10-8-6-9-11-16/h6-13,15H,4-5,14H2,1-3H3/b12-7+. The van der Waals surface area contributed by atoms with Crippen LogP contribution >= 0.6 is 7.60 Å². The third-order valence-electron chi connectivity index (χ3n) is 3.62. The first-order chi connectivity index (χ1) is 11.1. The molecule has 0 atom stereocenters. The van der Waals surface area contributed by atoms with Gasteiger partial charge in [0.05, 0.1) is 0 Å². The second kappa shape index (κ2) is 8.30. The molecule has 0 saturated carbocycles. The van der Waals surface area contributed by atoms with E-state index < -0.39 is 7.60 Å². The van der Waals surface area contributed by atoms with Crippen molar-refractivity contribution in [2.24, 2.45) is 0 Å². The lowest BCUT2D eigenvalue weighted by Gasteiger charge is -2.16. The second-order valence-electron chi connectivity index (χ2n) is 5.30. The Morgan fingerprint density at radius 1 is 1.17 bits per heavy atom. The highest BCUT2D eigenvalue weighted by molar-refractivity contribution is 7.61. The number of hydrogen-bond donors (Lipinski definition) is 0.